The van der Waals surface area contributed by atoms with Crippen LogP contribution in [0.4, 0.5) is 0 Å². The van der Waals surface area contributed by atoms with E-state index in [0.717, 1.165) is 11.0 Å². The molecule has 14 heavy (non-hydrogen) atoms. The second-order valence-corrected chi connectivity index (χ2v) is 2.25. The summed E-state index contributed by atoms with van der Waals surface area (Å²) >= 11 is 0. The standard InChI is InChI=1S/C7H7N3.2C2H6/c1-10-8-6-4-2-3-5-7(6)9-10;2*1-2/h2-5H,1H3;2*1-2H3/p+1. The molecule has 3 heteroatoms. The van der Waals surface area contributed by atoms with E-state index in [1.807, 2.05) is 59.0 Å². The lowest BCUT2D eigenvalue weighted by molar-refractivity contribution is -0.466. The number of aromatic nitrogens is 3. The van der Waals surface area contributed by atoms with Crippen LogP contribution < -0.4 is 5.10 Å². The maximum atomic E-state index is 4.17. The van der Waals surface area contributed by atoms with Gasteiger partial charge in [0.2, 0.25) is 5.52 Å². The molecule has 0 unspecified atom stereocenters. The monoisotopic (exact) mass is 194 g/mol. The lowest BCUT2D eigenvalue weighted by Gasteiger charge is -1.72. The van der Waals surface area contributed by atoms with E-state index in [1.165, 1.54) is 0 Å². The van der Waals surface area contributed by atoms with Gasteiger partial charge >= 0.3 is 0 Å². The molecule has 2 aromatic rings. The van der Waals surface area contributed by atoms with Gasteiger partial charge in [-0.15, -0.1) is 0 Å². The fourth-order valence-electron chi connectivity index (χ4n) is 1.02. The van der Waals surface area contributed by atoms with E-state index in [4.69, 9.17) is 0 Å². The highest BCUT2D eigenvalue weighted by Gasteiger charge is 2.03. The zero-order valence-electron chi connectivity index (χ0n) is 9.70. The van der Waals surface area contributed by atoms with Gasteiger partial charge < -0.3 is 0 Å². The largest absolute Gasteiger partial charge is 0.248 e. The van der Waals surface area contributed by atoms with Crippen LogP contribution in [-0.2, 0) is 7.05 Å². The third-order valence-electron chi connectivity index (χ3n) is 1.44. The summed E-state index contributed by atoms with van der Waals surface area (Å²) in [4.78, 5) is 1.70. The van der Waals surface area contributed by atoms with Crippen molar-refractivity contribution in [3.8, 4) is 0 Å². The van der Waals surface area contributed by atoms with Crippen LogP contribution in [0.5, 0.6) is 0 Å². The number of nitrogens with zero attached hydrogens (tertiary/aromatic N) is 2. The number of hydrogen-bond donors (Lipinski definition) is 0. The van der Waals surface area contributed by atoms with Crippen LogP contribution in [-0.4, -0.2) is 9.90 Å². The number of rotatable bonds is 0. The maximum Gasteiger partial charge on any atom is 0.248 e. The van der Waals surface area contributed by atoms with Crippen LogP contribution >= 0.6 is 0 Å². The van der Waals surface area contributed by atoms with Gasteiger partial charge in [-0.05, 0) is 12.1 Å². The van der Waals surface area contributed by atoms with E-state index >= 15 is 0 Å². The van der Waals surface area contributed by atoms with E-state index in [1.54, 1.807) is 4.80 Å². The maximum absolute atomic E-state index is 4.17. The van der Waals surface area contributed by atoms with Crippen molar-refractivity contribution in [2.24, 2.45) is 7.05 Å². The highest BCUT2D eigenvalue weighted by Crippen LogP contribution is 2.01. The first-order chi connectivity index (χ1) is 6.86. The van der Waals surface area contributed by atoms with E-state index in [2.05, 4.69) is 10.2 Å². The summed E-state index contributed by atoms with van der Waals surface area (Å²) in [7, 11) is 1.88. The summed E-state index contributed by atoms with van der Waals surface area (Å²) in [6.45, 7) is 8.00. The molecule has 0 bridgehead atoms. The van der Waals surface area contributed by atoms with Gasteiger partial charge in [-0.3, -0.25) is 0 Å². The normalized spacial score (nSPS) is 8.36. The van der Waals surface area contributed by atoms with Crippen molar-refractivity contribution >= 4 is 11.0 Å². The van der Waals surface area contributed by atoms with Crippen LogP contribution in [0.3, 0.4) is 0 Å². The zero-order chi connectivity index (χ0) is 11.0. The third kappa shape index (κ3) is 3.17. The molecule has 3 nitrogen and oxygen atoms in total. The SMILES string of the molecule is CC.CC.Cn1nc2ccccc2[nH+]1. The smallest absolute Gasteiger partial charge is 0.167 e. The minimum atomic E-state index is 1.00. The average Bonchev–Trinajstić information content (AvgIpc) is 2.64. The third-order valence-corrected chi connectivity index (χ3v) is 1.44. The Morgan fingerprint density at radius 1 is 1.07 bits per heavy atom. The second kappa shape index (κ2) is 7.06. The number of nitrogens with one attached hydrogen (secondary N) is 1. The number of para-hydroxylation sites is 1. The minimum Gasteiger partial charge on any atom is -0.167 e. The van der Waals surface area contributed by atoms with Gasteiger partial charge in [0.15, 0.2) is 5.52 Å². The molecule has 1 heterocycles. The van der Waals surface area contributed by atoms with E-state index in [-0.39, 0.29) is 0 Å². The molecule has 1 N–H and O–H groups in total. The molecule has 0 amide bonds. The molecule has 0 saturated carbocycles. The zero-order valence-corrected chi connectivity index (χ0v) is 9.70. The minimum absolute atomic E-state index is 1.00. The summed E-state index contributed by atoms with van der Waals surface area (Å²) in [5.41, 5.74) is 2.08. The summed E-state index contributed by atoms with van der Waals surface area (Å²) in [6.07, 6.45) is 0. The number of aromatic amines is 1. The van der Waals surface area contributed by atoms with Gasteiger partial charge in [0.05, 0.1) is 7.05 Å². The van der Waals surface area contributed by atoms with Crippen molar-refractivity contribution in [3.05, 3.63) is 24.3 Å². The first-order valence-corrected chi connectivity index (χ1v) is 5.17. The van der Waals surface area contributed by atoms with Crippen molar-refractivity contribution in [1.29, 1.82) is 0 Å². The Balaban J connectivity index is 0.000000379. The van der Waals surface area contributed by atoms with Crippen LogP contribution in [0.2, 0.25) is 0 Å². The molecule has 0 aliphatic rings. The Kier molecular flexibility index (Phi) is 6.37. The molecular weight excluding hydrogens is 174 g/mol. The molecule has 0 atom stereocenters. The van der Waals surface area contributed by atoms with Gasteiger partial charge in [0.25, 0.3) is 0 Å². The van der Waals surface area contributed by atoms with Crippen LogP contribution in [0, 0.1) is 0 Å². The quantitative estimate of drug-likeness (QED) is 0.634. The molecule has 0 saturated heterocycles. The summed E-state index contributed by atoms with van der Waals surface area (Å²) < 4.78 is 0. The molecular formula is C11H20N3+. The molecule has 1 aromatic carbocycles. The van der Waals surface area contributed by atoms with Crippen LogP contribution in [0.1, 0.15) is 27.7 Å². The summed E-state index contributed by atoms with van der Waals surface area (Å²) in [5, 5.41) is 7.24. The number of benzene rings is 1. The molecule has 2 rings (SSSR count). The van der Waals surface area contributed by atoms with E-state index in [0.29, 0.717) is 0 Å². The molecule has 0 aliphatic heterocycles. The highest BCUT2D eigenvalue weighted by atomic mass is 15.4. The summed E-state index contributed by atoms with van der Waals surface area (Å²) in [6, 6.07) is 7.94. The Labute approximate surface area is 85.7 Å². The van der Waals surface area contributed by atoms with Gasteiger partial charge in [0, 0.05) is 5.10 Å². The van der Waals surface area contributed by atoms with Crippen LogP contribution in [0.25, 0.3) is 11.0 Å². The predicted octanol–water partition coefficient (Wildman–Crippen LogP) is 2.44. The highest BCUT2D eigenvalue weighted by molar-refractivity contribution is 5.69. The first kappa shape index (κ1) is 12.6. The van der Waals surface area contributed by atoms with Crippen molar-refractivity contribution in [2.45, 2.75) is 27.7 Å². The van der Waals surface area contributed by atoms with E-state index < -0.39 is 0 Å². The Hall–Kier alpha value is -1.38. The van der Waals surface area contributed by atoms with Gasteiger partial charge in [-0.25, -0.2) is 0 Å². The molecule has 0 spiro atoms. The number of fused-ring (bicyclic) bond motifs is 1. The second-order valence-electron chi connectivity index (χ2n) is 2.25. The van der Waals surface area contributed by atoms with Crippen molar-refractivity contribution < 1.29 is 5.10 Å². The van der Waals surface area contributed by atoms with Crippen molar-refractivity contribution in [2.75, 3.05) is 0 Å². The van der Waals surface area contributed by atoms with Gasteiger partial charge in [-0.2, -0.15) is 5.10 Å². The first-order valence-electron chi connectivity index (χ1n) is 5.17. The topological polar surface area (TPSA) is 32.0 Å². The molecule has 1 aromatic heterocycles. The van der Waals surface area contributed by atoms with Crippen LogP contribution in [0.15, 0.2) is 24.3 Å². The summed E-state index contributed by atoms with van der Waals surface area (Å²) in [5.74, 6) is 0. The Bertz CT molecular complexity index is 319. The molecule has 78 valence electrons. The lowest BCUT2D eigenvalue weighted by Crippen LogP contribution is -2.14. The fraction of sp³-hybridized carbons (Fsp3) is 0.455. The number of aryl methyl sites for hydroxylation is 1. The molecule has 0 radical (unpaired) electrons. The Morgan fingerprint density at radius 2 is 1.64 bits per heavy atom. The van der Waals surface area contributed by atoms with Crippen molar-refractivity contribution in [1.82, 2.24) is 9.90 Å². The number of H-pyrrole nitrogens is 1. The van der Waals surface area contributed by atoms with Gasteiger partial charge in [0.1, 0.15) is 0 Å². The van der Waals surface area contributed by atoms with E-state index in [9.17, 15) is 0 Å². The predicted molar refractivity (Wildman–Crippen MR) is 60.0 cm³/mol. The van der Waals surface area contributed by atoms with Crippen molar-refractivity contribution in [3.63, 3.8) is 0 Å². The average molecular weight is 194 g/mol. The molecule has 0 aliphatic carbocycles. The Morgan fingerprint density at radius 3 is 2.21 bits per heavy atom. The fourth-order valence-corrected chi connectivity index (χ4v) is 1.02. The van der Waals surface area contributed by atoms with Gasteiger partial charge in [-0.1, -0.05) is 44.6 Å². The molecule has 0 fully saturated rings. The number of hydrogen-bond acceptors (Lipinski definition) is 1. The lowest BCUT2D eigenvalue weighted by atomic mass is 10.3.